The highest BCUT2D eigenvalue weighted by atomic mass is 79.9. The third kappa shape index (κ3) is 2.36. The van der Waals surface area contributed by atoms with Crippen molar-refractivity contribution >= 4 is 15.9 Å². The van der Waals surface area contributed by atoms with Crippen LogP contribution in [-0.2, 0) is 12.8 Å². The third-order valence-corrected chi connectivity index (χ3v) is 4.37. The summed E-state index contributed by atoms with van der Waals surface area (Å²) in [6, 6.07) is 4.82. The van der Waals surface area contributed by atoms with Gasteiger partial charge in [0.15, 0.2) is 0 Å². The zero-order valence-corrected chi connectivity index (χ0v) is 11.5. The van der Waals surface area contributed by atoms with E-state index in [0.29, 0.717) is 6.04 Å². The lowest BCUT2D eigenvalue weighted by Gasteiger charge is -2.13. The van der Waals surface area contributed by atoms with Crippen LogP contribution in [0.4, 0.5) is 0 Å². The minimum absolute atomic E-state index is 0.418. The first-order valence-corrected chi connectivity index (χ1v) is 7.21. The van der Waals surface area contributed by atoms with Gasteiger partial charge in [-0.05, 0) is 54.9 Å². The van der Waals surface area contributed by atoms with Gasteiger partial charge in [0.2, 0.25) is 0 Å². The molecule has 2 aliphatic rings. The van der Waals surface area contributed by atoms with Gasteiger partial charge < -0.3 is 10.5 Å². The maximum Gasteiger partial charge on any atom is 0.125 e. The Morgan fingerprint density at radius 1 is 1.35 bits per heavy atom. The molecule has 1 aromatic carbocycles. The number of hydrogen-bond donors (Lipinski definition) is 1. The predicted molar refractivity (Wildman–Crippen MR) is 72.4 cm³/mol. The molecule has 0 spiro atoms. The maximum atomic E-state index is 5.98. The zero-order valence-electron chi connectivity index (χ0n) is 9.92. The molecule has 17 heavy (non-hydrogen) atoms. The lowest BCUT2D eigenvalue weighted by Crippen LogP contribution is -2.15. The van der Waals surface area contributed by atoms with Crippen molar-refractivity contribution in [3.05, 3.63) is 27.7 Å². The topological polar surface area (TPSA) is 35.2 Å². The number of hydrogen-bond acceptors (Lipinski definition) is 2. The lowest BCUT2D eigenvalue weighted by molar-refractivity contribution is 0.351. The Labute approximate surface area is 111 Å². The van der Waals surface area contributed by atoms with Crippen molar-refractivity contribution < 1.29 is 4.74 Å². The molecule has 0 aromatic heterocycles. The molecule has 1 aromatic rings. The summed E-state index contributed by atoms with van der Waals surface area (Å²) >= 11 is 3.60. The fourth-order valence-corrected chi connectivity index (χ4v) is 3.66. The Morgan fingerprint density at radius 3 is 3.00 bits per heavy atom. The minimum Gasteiger partial charge on any atom is -0.493 e. The van der Waals surface area contributed by atoms with Crippen molar-refractivity contribution in [1.82, 2.24) is 0 Å². The van der Waals surface area contributed by atoms with E-state index in [0.717, 1.165) is 31.1 Å². The number of rotatable bonds is 2. The van der Waals surface area contributed by atoms with Crippen LogP contribution in [0.25, 0.3) is 0 Å². The van der Waals surface area contributed by atoms with Crippen LogP contribution in [0.1, 0.15) is 30.4 Å². The molecule has 0 bridgehead atoms. The molecule has 1 heterocycles. The van der Waals surface area contributed by atoms with Crippen LogP contribution < -0.4 is 10.5 Å². The van der Waals surface area contributed by atoms with Crippen LogP contribution in [0.3, 0.4) is 0 Å². The molecule has 1 saturated carbocycles. The molecule has 0 amide bonds. The SMILES string of the molecule is NC1CCC(Cc2cc(Br)cc3c2OCC3)C1. The van der Waals surface area contributed by atoms with Crippen molar-refractivity contribution in [3.8, 4) is 5.75 Å². The number of ether oxygens (including phenoxy) is 1. The molecule has 0 radical (unpaired) electrons. The van der Waals surface area contributed by atoms with E-state index in [2.05, 4.69) is 28.1 Å². The highest BCUT2D eigenvalue weighted by molar-refractivity contribution is 9.10. The Hall–Kier alpha value is -0.540. The van der Waals surface area contributed by atoms with E-state index in [9.17, 15) is 0 Å². The number of benzene rings is 1. The van der Waals surface area contributed by atoms with Gasteiger partial charge >= 0.3 is 0 Å². The van der Waals surface area contributed by atoms with E-state index in [1.807, 2.05) is 0 Å². The van der Waals surface area contributed by atoms with Gasteiger partial charge in [0, 0.05) is 16.9 Å². The molecule has 1 aliphatic heterocycles. The van der Waals surface area contributed by atoms with Crippen molar-refractivity contribution in [2.75, 3.05) is 6.61 Å². The number of fused-ring (bicyclic) bond motifs is 1. The van der Waals surface area contributed by atoms with Crippen LogP contribution in [0, 0.1) is 5.92 Å². The van der Waals surface area contributed by atoms with Gasteiger partial charge in [-0.1, -0.05) is 15.9 Å². The summed E-state index contributed by atoms with van der Waals surface area (Å²) in [6.07, 6.45) is 5.78. The summed E-state index contributed by atoms with van der Waals surface area (Å²) in [5.74, 6) is 1.89. The van der Waals surface area contributed by atoms with Crippen LogP contribution >= 0.6 is 15.9 Å². The van der Waals surface area contributed by atoms with Gasteiger partial charge in [0.1, 0.15) is 5.75 Å². The minimum atomic E-state index is 0.418. The quantitative estimate of drug-likeness (QED) is 0.910. The van der Waals surface area contributed by atoms with Gasteiger partial charge in [-0.15, -0.1) is 0 Å². The zero-order chi connectivity index (χ0) is 11.8. The average molecular weight is 296 g/mol. The van der Waals surface area contributed by atoms with E-state index < -0.39 is 0 Å². The van der Waals surface area contributed by atoms with Crippen molar-refractivity contribution in [3.63, 3.8) is 0 Å². The standard InChI is InChI=1S/C14H18BrNO/c15-12-7-10-3-4-17-14(10)11(8-12)5-9-1-2-13(16)6-9/h7-9,13H,1-6,16H2. The monoisotopic (exact) mass is 295 g/mol. The molecular weight excluding hydrogens is 278 g/mol. The first-order chi connectivity index (χ1) is 8.22. The van der Waals surface area contributed by atoms with Crippen molar-refractivity contribution in [2.24, 2.45) is 11.7 Å². The third-order valence-electron chi connectivity index (χ3n) is 3.92. The molecule has 92 valence electrons. The second-order valence-electron chi connectivity index (χ2n) is 5.29. The second-order valence-corrected chi connectivity index (χ2v) is 6.21. The molecule has 2 atom stereocenters. The molecule has 2 nitrogen and oxygen atoms in total. The first-order valence-electron chi connectivity index (χ1n) is 6.42. The van der Waals surface area contributed by atoms with E-state index in [1.54, 1.807) is 0 Å². The fourth-order valence-electron chi connectivity index (χ4n) is 3.11. The summed E-state index contributed by atoms with van der Waals surface area (Å²) in [5.41, 5.74) is 8.71. The fraction of sp³-hybridized carbons (Fsp3) is 0.571. The van der Waals surface area contributed by atoms with Gasteiger partial charge in [0.25, 0.3) is 0 Å². The highest BCUT2D eigenvalue weighted by Gasteiger charge is 2.25. The Balaban J connectivity index is 1.83. The average Bonchev–Trinajstić information content (AvgIpc) is 2.87. The molecule has 1 fully saturated rings. The maximum absolute atomic E-state index is 5.98. The number of nitrogens with two attached hydrogens (primary N) is 1. The molecule has 3 rings (SSSR count). The van der Waals surface area contributed by atoms with E-state index in [1.165, 1.54) is 34.9 Å². The predicted octanol–water partition coefficient (Wildman–Crippen LogP) is 3.05. The Bertz CT molecular complexity index is 432. The molecule has 2 unspecified atom stereocenters. The summed E-state index contributed by atoms with van der Waals surface area (Å²) in [6.45, 7) is 0.836. The molecule has 2 N–H and O–H groups in total. The van der Waals surface area contributed by atoms with Gasteiger partial charge in [0.05, 0.1) is 6.61 Å². The molecule has 0 saturated heterocycles. The summed E-state index contributed by atoms with van der Waals surface area (Å²) in [5, 5.41) is 0. The van der Waals surface area contributed by atoms with Crippen LogP contribution in [0.5, 0.6) is 5.75 Å². The Morgan fingerprint density at radius 2 is 2.24 bits per heavy atom. The first kappa shape index (κ1) is 11.5. The summed E-state index contributed by atoms with van der Waals surface area (Å²) in [7, 11) is 0. The van der Waals surface area contributed by atoms with Crippen LogP contribution in [-0.4, -0.2) is 12.6 Å². The van der Waals surface area contributed by atoms with Crippen molar-refractivity contribution in [1.29, 1.82) is 0 Å². The highest BCUT2D eigenvalue weighted by Crippen LogP contribution is 2.37. The molecule has 1 aliphatic carbocycles. The van der Waals surface area contributed by atoms with Crippen molar-refractivity contribution in [2.45, 2.75) is 38.1 Å². The van der Waals surface area contributed by atoms with E-state index in [4.69, 9.17) is 10.5 Å². The van der Waals surface area contributed by atoms with Crippen LogP contribution in [0.15, 0.2) is 16.6 Å². The second kappa shape index (κ2) is 4.62. The number of halogens is 1. The normalized spacial score (nSPS) is 26.9. The van der Waals surface area contributed by atoms with E-state index >= 15 is 0 Å². The summed E-state index contributed by atoms with van der Waals surface area (Å²) < 4.78 is 6.95. The molecular formula is C14H18BrNO. The van der Waals surface area contributed by atoms with Crippen LogP contribution in [0.2, 0.25) is 0 Å². The molecule has 3 heteroatoms. The van der Waals surface area contributed by atoms with Gasteiger partial charge in [-0.2, -0.15) is 0 Å². The van der Waals surface area contributed by atoms with Gasteiger partial charge in [-0.25, -0.2) is 0 Å². The summed E-state index contributed by atoms with van der Waals surface area (Å²) in [4.78, 5) is 0. The lowest BCUT2D eigenvalue weighted by atomic mass is 9.95. The largest absolute Gasteiger partial charge is 0.493 e. The smallest absolute Gasteiger partial charge is 0.125 e. The Kier molecular flexibility index (Phi) is 3.14. The van der Waals surface area contributed by atoms with Gasteiger partial charge in [-0.3, -0.25) is 0 Å². The van der Waals surface area contributed by atoms with E-state index in [-0.39, 0.29) is 0 Å².